The molecule has 1 aromatic carbocycles. The molecule has 0 fully saturated rings. The molecule has 1 aromatic heterocycles. The zero-order chi connectivity index (χ0) is 17.2. The summed E-state index contributed by atoms with van der Waals surface area (Å²) in [6.45, 7) is 1.70. The topological polar surface area (TPSA) is 70.8 Å². The summed E-state index contributed by atoms with van der Waals surface area (Å²) in [7, 11) is -3.49. The van der Waals surface area contributed by atoms with Crippen molar-refractivity contribution in [2.75, 3.05) is 6.26 Å². The first-order chi connectivity index (χ1) is 10.7. The zero-order valence-corrected chi connectivity index (χ0v) is 14.9. The van der Waals surface area contributed by atoms with E-state index in [-0.39, 0.29) is 10.5 Å². The monoisotopic (exact) mass is 368 g/mol. The summed E-state index contributed by atoms with van der Waals surface area (Å²) < 4.78 is 23.7. The Hall–Kier alpha value is -1.61. The molecule has 0 radical (unpaired) electrons. The summed E-state index contributed by atoms with van der Waals surface area (Å²) in [5.41, 5.74) is 1.98. The number of rotatable bonds is 4. The molecule has 2 aromatic rings. The van der Waals surface area contributed by atoms with E-state index < -0.39 is 9.84 Å². The Balaban J connectivity index is 2.40. The highest BCUT2D eigenvalue weighted by atomic mass is 35.5. The van der Waals surface area contributed by atoms with Gasteiger partial charge in [-0.2, -0.15) is 5.26 Å². The van der Waals surface area contributed by atoms with Gasteiger partial charge >= 0.3 is 0 Å². The minimum Gasteiger partial charge on any atom is -0.257 e. The van der Waals surface area contributed by atoms with Gasteiger partial charge in [0.05, 0.1) is 16.2 Å². The highest BCUT2D eigenvalue weighted by molar-refractivity contribution is 7.90. The molecule has 0 aliphatic carbocycles. The molecule has 0 aliphatic heterocycles. The summed E-state index contributed by atoms with van der Waals surface area (Å²) >= 11 is 12.0. The molecule has 0 bridgehead atoms. The number of hydrogen-bond acceptors (Lipinski definition) is 4. The van der Waals surface area contributed by atoms with E-state index in [2.05, 4.69) is 4.98 Å². The van der Waals surface area contributed by atoms with E-state index in [1.54, 1.807) is 19.1 Å². The largest absolute Gasteiger partial charge is 0.257 e. The lowest BCUT2D eigenvalue weighted by Crippen LogP contribution is -2.08. The molecule has 0 unspecified atom stereocenters. The molecule has 0 saturated heterocycles. The Morgan fingerprint density at radius 3 is 2.48 bits per heavy atom. The SMILES string of the molecule is Cc1cc(S(C)(=O)=O)c(C#N)c(CCc2ccc(Cl)cc2Cl)n1. The first-order valence-electron chi connectivity index (χ1n) is 6.77. The van der Waals surface area contributed by atoms with Crippen molar-refractivity contribution in [2.24, 2.45) is 0 Å². The van der Waals surface area contributed by atoms with Crippen molar-refractivity contribution in [1.29, 1.82) is 5.26 Å². The van der Waals surface area contributed by atoms with E-state index >= 15 is 0 Å². The predicted molar refractivity (Wildman–Crippen MR) is 90.7 cm³/mol. The number of halogens is 2. The van der Waals surface area contributed by atoms with Gasteiger partial charge in [-0.05, 0) is 43.5 Å². The lowest BCUT2D eigenvalue weighted by atomic mass is 10.0. The second-order valence-corrected chi connectivity index (χ2v) is 8.03. The van der Waals surface area contributed by atoms with Gasteiger partial charge in [-0.3, -0.25) is 4.98 Å². The van der Waals surface area contributed by atoms with Crippen LogP contribution in [0.1, 0.15) is 22.5 Å². The average molecular weight is 369 g/mol. The van der Waals surface area contributed by atoms with Gasteiger partial charge in [-0.1, -0.05) is 29.3 Å². The molecule has 0 amide bonds. The summed E-state index contributed by atoms with van der Waals surface area (Å²) in [5, 5.41) is 10.4. The molecular formula is C16H14Cl2N2O2S. The zero-order valence-electron chi connectivity index (χ0n) is 12.6. The fraction of sp³-hybridized carbons (Fsp3) is 0.250. The maximum Gasteiger partial charge on any atom is 0.176 e. The van der Waals surface area contributed by atoms with Crippen LogP contribution in [0.15, 0.2) is 29.2 Å². The Morgan fingerprint density at radius 2 is 1.91 bits per heavy atom. The van der Waals surface area contributed by atoms with Gasteiger partial charge in [0, 0.05) is 22.0 Å². The van der Waals surface area contributed by atoms with Crippen molar-refractivity contribution in [3.8, 4) is 6.07 Å². The number of benzene rings is 1. The van der Waals surface area contributed by atoms with Gasteiger partial charge < -0.3 is 0 Å². The van der Waals surface area contributed by atoms with Crippen LogP contribution in [0.25, 0.3) is 0 Å². The molecule has 23 heavy (non-hydrogen) atoms. The highest BCUT2D eigenvalue weighted by Gasteiger charge is 2.19. The van der Waals surface area contributed by atoms with E-state index in [9.17, 15) is 13.7 Å². The fourth-order valence-electron chi connectivity index (χ4n) is 2.28. The molecule has 0 spiro atoms. The molecule has 7 heteroatoms. The summed E-state index contributed by atoms with van der Waals surface area (Å²) in [4.78, 5) is 4.34. The van der Waals surface area contributed by atoms with Crippen molar-refractivity contribution < 1.29 is 8.42 Å². The van der Waals surface area contributed by atoms with Crippen LogP contribution in [0, 0.1) is 18.3 Å². The smallest absolute Gasteiger partial charge is 0.176 e. The average Bonchev–Trinajstić information content (AvgIpc) is 2.44. The van der Waals surface area contributed by atoms with Crippen molar-refractivity contribution in [2.45, 2.75) is 24.7 Å². The van der Waals surface area contributed by atoms with Crippen LogP contribution in [0.2, 0.25) is 10.0 Å². The lowest BCUT2D eigenvalue weighted by molar-refractivity contribution is 0.601. The molecule has 4 nitrogen and oxygen atoms in total. The Kier molecular flexibility index (Phi) is 5.30. The van der Waals surface area contributed by atoms with E-state index in [4.69, 9.17) is 23.2 Å². The van der Waals surface area contributed by atoms with Gasteiger partial charge in [-0.25, -0.2) is 8.42 Å². The summed E-state index contributed by atoms with van der Waals surface area (Å²) in [6, 6.07) is 8.58. The van der Waals surface area contributed by atoms with Crippen LogP contribution in [0.5, 0.6) is 0 Å². The molecular weight excluding hydrogens is 355 g/mol. The Morgan fingerprint density at radius 1 is 1.22 bits per heavy atom. The molecule has 120 valence electrons. The number of sulfone groups is 1. The highest BCUT2D eigenvalue weighted by Crippen LogP contribution is 2.24. The maximum absolute atomic E-state index is 11.9. The first kappa shape index (κ1) is 17.7. The van der Waals surface area contributed by atoms with Crippen LogP contribution in [0.4, 0.5) is 0 Å². The third-order valence-corrected chi connectivity index (χ3v) is 5.05. The fourth-order valence-corrected chi connectivity index (χ4v) is 3.70. The second-order valence-electron chi connectivity index (χ2n) is 5.20. The van der Waals surface area contributed by atoms with Gasteiger partial charge in [0.1, 0.15) is 6.07 Å². The van der Waals surface area contributed by atoms with Crippen molar-refractivity contribution in [3.63, 3.8) is 0 Å². The summed E-state index contributed by atoms with van der Waals surface area (Å²) in [5.74, 6) is 0. The van der Waals surface area contributed by atoms with E-state index in [0.717, 1.165) is 11.8 Å². The minimum absolute atomic E-state index is 0.0182. The van der Waals surface area contributed by atoms with Gasteiger partial charge in [0.2, 0.25) is 0 Å². The van der Waals surface area contributed by atoms with Crippen LogP contribution < -0.4 is 0 Å². The minimum atomic E-state index is -3.49. The third kappa shape index (κ3) is 4.23. The Labute approximate surface area is 145 Å². The van der Waals surface area contributed by atoms with Crippen LogP contribution >= 0.6 is 23.2 Å². The maximum atomic E-state index is 11.9. The third-order valence-electron chi connectivity index (χ3n) is 3.34. The predicted octanol–water partition coefficient (Wildman–Crippen LogP) is 3.76. The Bertz CT molecular complexity index is 903. The molecule has 0 atom stereocenters. The second kappa shape index (κ2) is 6.88. The van der Waals surface area contributed by atoms with Crippen molar-refractivity contribution >= 4 is 33.0 Å². The van der Waals surface area contributed by atoms with Crippen LogP contribution in [0.3, 0.4) is 0 Å². The number of hydrogen-bond donors (Lipinski definition) is 0. The molecule has 0 N–H and O–H groups in total. The quantitative estimate of drug-likeness (QED) is 0.823. The van der Waals surface area contributed by atoms with E-state index in [1.807, 2.05) is 12.1 Å². The normalized spacial score (nSPS) is 11.3. The van der Waals surface area contributed by atoms with Gasteiger partial charge in [0.15, 0.2) is 9.84 Å². The number of aryl methyl sites for hydroxylation is 3. The molecule has 0 aliphatic rings. The van der Waals surface area contributed by atoms with E-state index in [0.29, 0.717) is 34.3 Å². The number of nitriles is 1. The van der Waals surface area contributed by atoms with Crippen LogP contribution in [-0.2, 0) is 22.7 Å². The van der Waals surface area contributed by atoms with E-state index in [1.165, 1.54) is 6.07 Å². The molecule has 1 heterocycles. The number of aromatic nitrogens is 1. The van der Waals surface area contributed by atoms with Crippen molar-refractivity contribution in [3.05, 3.63) is 56.8 Å². The standard InChI is InChI=1S/C16H14Cl2N2O2S/c1-10-7-16(23(2,21)22)13(9-19)15(20-10)6-4-11-3-5-12(17)8-14(11)18/h3,5,7-8H,4,6H2,1-2H3. The summed E-state index contributed by atoms with van der Waals surface area (Å²) in [6.07, 6.45) is 2.03. The molecule has 2 rings (SSSR count). The van der Waals surface area contributed by atoms with Gasteiger partial charge in [-0.15, -0.1) is 0 Å². The lowest BCUT2D eigenvalue weighted by Gasteiger charge is -2.10. The number of pyridine rings is 1. The van der Waals surface area contributed by atoms with Gasteiger partial charge in [0.25, 0.3) is 0 Å². The van der Waals surface area contributed by atoms with Crippen LogP contribution in [-0.4, -0.2) is 19.7 Å². The first-order valence-corrected chi connectivity index (χ1v) is 9.41. The number of nitrogens with zero attached hydrogens (tertiary/aromatic N) is 2. The van der Waals surface area contributed by atoms with Crippen molar-refractivity contribution in [1.82, 2.24) is 4.98 Å². The molecule has 0 saturated carbocycles.